The minimum absolute atomic E-state index is 0.0204. The Labute approximate surface area is 77.3 Å². The average molecular weight is 192 g/mol. The van der Waals surface area contributed by atoms with Crippen molar-refractivity contribution in [3.8, 4) is 0 Å². The third-order valence-corrected chi connectivity index (χ3v) is 1.40. The third kappa shape index (κ3) is 6.51. The molecular formula is C8H16O5. The van der Waals surface area contributed by atoms with E-state index in [0.29, 0.717) is 6.61 Å². The van der Waals surface area contributed by atoms with Crippen molar-refractivity contribution in [2.24, 2.45) is 0 Å². The number of carboxylic acids is 1. The van der Waals surface area contributed by atoms with E-state index in [-0.39, 0.29) is 13.2 Å². The van der Waals surface area contributed by atoms with Crippen molar-refractivity contribution in [3.05, 3.63) is 0 Å². The Morgan fingerprint density at radius 2 is 2.08 bits per heavy atom. The van der Waals surface area contributed by atoms with Crippen LogP contribution in [0, 0.1) is 0 Å². The van der Waals surface area contributed by atoms with Crippen molar-refractivity contribution in [2.75, 3.05) is 19.8 Å². The quantitative estimate of drug-likeness (QED) is 0.587. The Morgan fingerprint density at radius 3 is 2.54 bits per heavy atom. The van der Waals surface area contributed by atoms with Gasteiger partial charge in [0.1, 0.15) is 6.10 Å². The number of rotatable bonds is 7. The Hall–Kier alpha value is -0.650. The molecule has 78 valence electrons. The predicted octanol–water partition coefficient (Wildman–Crippen LogP) is -0.127. The van der Waals surface area contributed by atoms with E-state index in [1.54, 1.807) is 0 Å². The van der Waals surface area contributed by atoms with Gasteiger partial charge in [0.15, 0.2) is 6.10 Å². The molecule has 2 N–H and O–H groups in total. The van der Waals surface area contributed by atoms with Crippen molar-refractivity contribution in [1.29, 1.82) is 0 Å². The van der Waals surface area contributed by atoms with Crippen molar-refractivity contribution in [2.45, 2.75) is 26.1 Å². The van der Waals surface area contributed by atoms with E-state index in [9.17, 15) is 4.79 Å². The number of carboxylic acid groups (broad SMARTS) is 1. The molecule has 13 heavy (non-hydrogen) atoms. The van der Waals surface area contributed by atoms with Crippen molar-refractivity contribution < 1.29 is 24.5 Å². The molecule has 0 aromatic heterocycles. The maximum Gasteiger partial charge on any atom is 0.332 e. The van der Waals surface area contributed by atoms with E-state index < -0.39 is 18.2 Å². The molecule has 2 unspecified atom stereocenters. The van der Waals surface area contributed by atoms with Gasteiger partial charge in [-0.2, -0.15) is 0 Å². The highest BCUT2D eigenvalue weighted by Gasteiger charge is 2.13. The summed E-state index contributed by atoms with van der Waals surface area (Å²) in [5, 5.41) is 17.6. The van der Waals surface area contributed by atoms with Crippen molar-refractivity contribution >= 4 is 5.97 Å². The summed E-state index contributed by atoms with van der Waals surface area (Å²) < 4.78 is 9.74. The van der Waals surface area contributed by atoms with Gasteiger partial charge in [0.2, 0.25) is 0 Å². The Kier molecular flexibility index (Phi) is 6.48. The zero-order valence-electron chi connectivity index (χ0n) is 7.90. The molecule has 0 aliphatic heterocycles. The highest BCUT2D eigenvalue weighted by Crippen LogP contribution is 1.94. The van der Waals surface area contributed by atoms with E-state index in [1.165, 1.54) is 6.92 Å². The van der Waals surface area contributed by atoms with Crippen molar-refractivity contribution in [1.82, 2.24) is 0 Å². The predicted molar refractivity (Wildman–Crippen MR) is 45.5 cm³/mol. The van der Waals surface area contributed by atoms with Crippen LogP contribution < -0.4 is 0 Å². The topological polar surface area (TPSA) is 76.0 Å². The van der Waals surface area contributed by atoms with Crippen LogP contribution in [0.5, 0.6) is 0 Å². The van der Waals surface area contributed by atoms with E-state index in [2.05, 4.69) is 0 Å². The Balaban J connectivity index is 3.45. The highest BCUT2D eigenvalue weighted by atomic mass is 16.5. The Bertz CT molecular complexity index is 147. The van der Waals surface area contributed by atoms with Gasteiger partial charge < -0.3 is 19.7 Å². The number of hydrogen-bond donors (Lipinski definition) is 2. The third-order valence-electron chi connectivity index (χ3n) is 1.40. The first kappa shape index (κ1) is 12.3. The zero-order chi connectivity index (χ0) is 10.3. The summed E-state index contributed by atoms with van der Waals surface area (Å²) in [5.41, 5.74) is 0. The molecule has 5 heteroatoms. The first-order valence-electron chi connectivity index (χ1n) is 4.18. The number of ether oxygens (including phenoxy) is 2. The second kappa shape index (κ2) is 6.82. The highest BCUT2D eigenvalue weighted by molar-refractivity contribution is 5.71. The van der Waals surface area contributed by atoms with Crippen LogP contribution in [0.1, 0.15) is 13.8 Å². The zero-order valence-corrected chi connectivity index (χ0v) is 7.90. The van der Waals surface area contributed by atoms with Gasteiger partial charge >= 0.3 is 5.97 Å². The van der Waals surface area contributed by atoms with Gasteiger partial charge in [0.25, 0.3) is 0 Å². The smallest absolute Gasteiger partial charge is 0.332 e. The van der Waals surface area contributed by atoms with Crippen LogP contribution in [0.2, 0.25) is 0 Å². The van der Waals surface area contributed by atoms with E-state index >= 15 is 0 Å². The number of aliphatic carboxylic acids is 1. The summed E-state index contributed by atoms with van der Waals surface area (Å²) in [6.07, 6.45) is -1.65. The SMILES string of the molecule is CCOCC(O)COC(C)C(=O)O. The fourth-order valence-corrected chi connectivity index (χ4v) is 0.629. The fourth-order valence-electron chi connectivity index (χ4n) is 0.629. The van der Waals surface area contributed by atoms with Gasteiger partial charge in [0, 0.05) is 6.61 Å². The van der Waals surface area contributed by atoms with Gasteiger partial charge in [0.05, 0.1) is 13.2 Å². The number of aliphatic hydroxyl groups excluding tert-OH is 1. The molecule has 0 saturated carbocycles. The van der Waals surface area contributed by atoms with Crippen LogP contribution in [-0.2, 0) is 14.3 Å². The molecule has 0 spiro atoms. The molecule has 0 aliphatic rings. The fraction of sp³-hybridized carbons (Fsp3) is 0.875. The van der Waals surface area contributed by atoms with E-state index in [4.69, 9.17) is 19.7 Å². The molecule has 5 nitrogen and oxygen atoms in total. The summed E-state index contributed by atoms with van der Waals surface area (Å²) in [7, 11) is 0. The molecule has 0 aliphatic carbocycles. The summed E-state index contributed by atoms with van der Waals surface area (Å²) in [5.74, 6) is -1.04. The van der Waals surface area contributed by atoms with Gasteiger partial charge in [-0.25, -0.2) is 4.79 Å². The van der Waals surface area contributed by atoms with E-state index in [1.807, 2.05) is 6.92 Å². The summed E-state index contributed by atoms with van der Waals surface area (Å²) in [6, 6.07) is 0. The molecule has 0 bridgehead atoms. The molecule has 0 saturated heterocycles. The summed E-state index contributed by atoms with van der Waals surface area (Å²) >= 11 is 0. The molecule has 0 rings (SSSR count). The normalized spacial score (nSPS) is 15.3. The van der Waals surface area contributed by atoms with Crippen LogP contribution >= 0.6 is 0 Å². The van der Waals surface area contributed by atoms with Gasteiger partial charge in [-0.05, 0) is 13.8 Å². The lowest BCUT2D eigenvalue weighted by molar-refractivity contribution is -0.151. The molecule has 0 heterocycles. The minimum atomic E-state index is -1.04. The lowest BCUT2D eigenvalue weighted by Gasteiger charge is -2.13. The molecule has 0 radical (unpaired) electrons. The molecule has 0 aromatic carbocycles. The largest absolute Gasteiger partial charge is 0.479 e. The van der Waals surface area contributed by atoms with Crippen LogP contribution in [0.25, 0.3) is 0 Å². The number of carbonyl (C=O) groups is 1. The van der Waals surface area contributed by atoms with E-state index in [0.717, 1.165) is 0 Å². The second-order valence-corrected chi connectivity index (χ2v) is 2.63. The van der Waals surface area contributed by atoms with Crippen LogP contribution in [0.4, 0.5) is 0 Å². The molecular weight excluding hydrogens is 176 g/mol. The molecule has 2 atom stereocenters. The summed E-state index contributed by atoms with van der Waals surface area (Å²) in [4.78, 5) is 10.3. The molecule has 0 fully saturated rings. The van der Waals surface area contributed by atoms with Crippen LogP contribution in [0.15, 0.2) is 0 Å². The second-order valence-electron chi connectivity index (χ2n) is 2.63. The molecule has 0 aromatic rings. The van der Waals surface area contributed by atoms with Crippen LogP contribution in [0.3, 0.4) is 0 Å². The minimum Gasteiger partial charge on any atom is -0.479 e. The lowest BCUT2D eigenvalue weighted by atomic mass is 10.4. The first-order chi connectivity index (χ1) is 6.07. The average Bonchev–Trinajstić information content (AvgIpc) is 2.10. The monoisotopic (exact) mass is 192 g/mol. The number of hydrogen-bond acceptors (Lipinski definition) is 4. The van der Waals surface area contributed by atoms with Gasteiger partial charge in [-0.1, -0.05) is 0 Å². The standard InChI is InChI=1S/C8H16O5/c1-3-12-4-7(9)5-13-6(2)8(10)11/h6-7,9H,3-5H2,1-2H3,(H,10,11). The van der Waals surface area contributed by atoms with Gasteiger partial charge in [-0.3, -0.25) is 0 Å². The van der Waals surface area contributed by atoms with Gasteiger partial charge in [-0.15, -0.1) is 0 Å². The summed E-state index contributed by atoms with van der Waals surface area (Å²) in [6.45, 7) is 3.89. The maximum absolute atomic E-state index is 10.3. The molecule has 0 amide bonds. The van der Waals surface area contributed by atoms with Crippen molar-refractivity contribution in [3.63, 3.8) is 0 Å². The lowest BCUT2D eigenvalue weighted by Crippen LogP contribution is -2.28. The Morgan fingerprint density at radius 1 is 1.46 bits per heavy atom. The maximum atomic E-state index is 10.3. The van der Waals surface area contributed by atoms with Crippen LogP contribution in [-0.4, -0.2) is 48.2 Å². The first-order valence-corrected chi connectivity index (χ1v) is 4.18. The number of aliphatic hydroxyl groups is 1.